The number of piperidine rings is 1. The number of hydrogen-bond donors (Lipinski definition) is 1. The highest BCUT2D eigenvalue weighted by atomic mass is 19.4. The summed E-state index contributed by atoms with van der Waals surface area (Å²) in [5.74, 6) is -0.586. The zero-order chi connectivity index (χ0) is 11.7. The lowest BCUT2D eigenvalue weighted by Crippen LogP contribution is -2.57. The largest absolute Gasteiger partial charge is 0.418 e. The molecule has 1 heterocycles. The minimum atomic E-state index is -4.70. The van der Waals surface area contributed by atoms with E-state index in [1.165, 1.54) is 0 Å². The van der Waals surface area contributed by atoms with Crippen molar-refractivity contribution < 1.29 is 23.1 Å². The van der Waals surface area contributed by atoms with Crippen LogP contribution in [0.15, 0.2) is 12.7 Å². The van der Waals surface area contributed by atoms with Crippen LogP contribution in [-0.2, 0) is 4.79 Å². The zero-order valence-corrected chi connectivity index (χ0v) is 8.05. The normalized spacial score (nSPS) is 27.6. The maximum Gasteiger partial charge on any atom is 0.418 e. The molecular weight excluding hydrogens is 211 g/mol. The highest BCUT2D eigenvalue weighted by Gasteiger charge is 2.55. The first-order valence-corrected chi connectivity index (χ1v) is 4.50. The van der Waals surface area contributed by atoms with Crippen molar-refractivity contribution in [2.45, 2.75) is 24.6 Å². The number of carbonyl (C=O) groups is 1. The molecule has 1 aliphatic heterocycles. The molecule has 1 rings (SSSR count). The molecule has 1 amide bonds. The van der Waals surface area contributed by atoms with Gasteiger partial charge in [0.05, 0.1) is 6.54 Å². The molecule has 1 fully saturated rings. The van der Waals surface area contributed by atoms with Crippen LogP contribution in [0.5, 0.6) is 0 Å². The van der Waals surface area contributed by atoms with Gasteiger partial charge in [-0.2, -0.15) is 13.2 Å². The van der Waals surface area contributed by atoms with Gasteiger partial charge in [-0.15, -0.1) is 0 Å². The van der Waals surface area contributed by atoms with Crippen molar-refractivity contribution in [2.24, 2.45) is 0 Å². The van der Waals surface area contributed by atoms with E-state index < -0.39 is 24.2 Å². The fourth-order valence-corrected chi connectivity index (χ4v) is 1.58. The molecule has 0 bridgehead atoms. The summed E-state index contributed by atoms with van der Waals surface area (Å²) < 4.78 is 37.4. The molecule has 3 nitrogen and oxygen atoms in total. The lowest BCUT2D eigenvalue weighted by Gasteiger charge is -2.39. The second-order valence-electron chi connectivity index (χ2n) is 3.60. The van der Waals surface area contributed by atoms with Gasteiger partial charge >= 0.3 is 6.18 Å². The summed E-state index contributed by atoms with van der Waals surface area (Å²) in [4.78, 5) is 12.1. The number of likely N-dealkylation sites (tertiary alicyclic amines) is 1. The Balaban J connectivity index is 2.79. The predicted octanol–water partition coefficient (Wildman–Crippen LogP) is 1.09. The fourth-order valence-electron chi connectivity index (χ4n) is 1.58. The molecule has 6 heteroatoms. The van der Waals surface area contributed by atoms with Crippen LogP contribution in [0.2, 0.25) is 0 Å². The highest BCUT2D eigenvalue weighted by Crippen LogP contribution is 2.37. The van der Waals surface area contributed by atoms with Crippen molar-refractivity contribution in [1.29, 1.82) is 0 Å². The summed E-state index contributed by atoms with van der Waals surface area (Å²) in [5.41, 5.74) is -2.77. The van der Waals surface area contributed by atoms with Crippen LogP contribution < -0.4 is 0 Å². The van der Waals surface area contributed by atoms with E-state index >= 15 is 0 Å². The molecule has 0 spiro atoms. The predicted molar refractivity (Wildman–Crippen MR) is 47.0 cm³/mol. The maximum atomic E-state index is 12.5. The van der Waals surface area contributed by atoms with Gasteiger partial charge < -0.3 is 10.0 Å². The van der Waals surface area contributed by atoms with Crippen molar-refractivity contribution in [3.8, 4) is 0 Å². The molecule has 0 aromatic carbocycles. The van der Waals surface area contributed by atoms with Gasteiger partial charge in [-0.3, -0.25) is 4.79 Å². The third-order valence-electron chi connectivity index (χ3n) is 2.48. The van der Waals surface area contributed by atoms with Crippen molar-refractivity contribution in [2.75, 3.05) is 13.1 Å². The monoisotopic (exact) mass is 223 g/mol. The second kappa shape index (κ2) is 3.84. The van der Waals surface area contributed by atoms with E-state index in [1.807, 2.05) is 0 Å². The minimum absolute atomic E-state index is 0.135. The van der Waals surface area contributed by atoms with Gasteiger partial charge in [0.2, 0.25) is 5.91 Å². The smallest absolute Gasteiger partial charge is 0.379 e. The quantitative estimate of drug-likeness (QED) is 0.676. The Bertz CT molecular complexity index is 277. The van der Waals surface area contributed by atoms with E-state index in [-0.39, 0.29) is 19.4 Å². The minimum Gasteiger partial charge on any atom is -0.379 e. The number of rotatable bonds is 1. The Morgan fingerprint density at radius 3 is 2.60 bits per heavy atom. The zero-order valence-electron chi connectivity index (χ0n) is 8.05. The fraction of sp³-hybridized carbons (Fsp3) is 0.667. The molecule has 0 aliphatic carbocycles. The molecule has 1 N–H and O–H groups in total. The molecule has 0 aromatic heterocycles. The summed E-state index contributed by atoms with van der Waals surface area (Å²) in [6, 6.07) is 0. The number of halogens is 3. The molecule has 15 heavy (non-hydrogen) atoms. The first-order chi connectivity index (χ1) is 6.80. The maximum absolute atomic E-state index is 12.5. The number of alkyl halides is 3. The van der Waals surface area contributed by atoms with Crippen molar-refractivity contribution in [3.05, 3.63) is 12.7 Å². The topological polar surface area (TPSA) is 40.5 Å². The summed E-state index contributed by atoms with van der Waals surface area (Å²) >= 11 is 0. The van der Waals surface area contributed by atoms with Gasteiger partial charge in [0.15, 0.2) is 5.60 Å². The van der Waals surface area contributed by atoms with Gasteiger partial charge in [0.1, 0.15) is 0 Å². The Labute approximate surface area is 85.2 Å². The van der Waals surface area contributed by atoms with E-state index in [0.717, 1.165) is 11.0 Å². The molecule has 0 radical (unpaired) electrons. The molecule has 1 aliphatic rings. The van der Waals surface area contributed by atoms with Crippen LogP contribution in [-0.4, -0.2) is 40.8 Å². The van der Waals surface area contributed by atoms with Crippen LogP contribution in [0.1, 0.15) is 12.8 Å². The van der Waals surface area contributed by atoms with Crippen molar-refractivity contribution in [1.82, 2.24) is 4.90 Å². The molecule has 0 saturated carbocycles. The van der Waals surface area contributed by atoms with E-state index in [1.54, 1.807) is 0 Å². The number of β-amino-alcohol motifs (C(OH)–C–C–N with tert-alkyl or cyclic N) is 1. The molecule has 1 saturated heterocycles. The van der Waals surface area contributed by atoms with E-state index in [0.29, 0.717) is 0 Å². The molecule has 1 atom stereocenters. The van der Waals surface area contributed by atoms with Crippen molar-refractivity contribution in [3.63, 3.8) is 0 Å². The number of aliphatic hydroxyl groups is 1. The summed E-state index contributed by atoms with van der Waals surface area (Å²) in [6.07, 6.45) is -3.98. The highest BCUT2D eigenvalue weighted by molar-refractivity contribution is 5.87. The third kappa shape index (κ3) is 2.31. The van der Waals surface area contributed by atoms with E-state index in [9.17, 15) is 23.1 Å². The average molecular weight is 223 g/mol. The van der Waals surface area contributed by atoms with Gasteiger partial charge in [0.25, 0.3) is 0 Å². The average Bonchev–Trinajstić information content (AvgIpc) is 2.15. The molecular formula is C9H12F3NO2. The third-order valence-corrected chi connectivity index (χ3v) is 2.48. The molecule has 0 aromatic rings. The summed E-state index contributed by atoms with van der Waals surface area (Å²) in [6.45, 7) is 2.71. The second-order valence-corrected chi connectivity index (χ2v) is 3.60. The summed E-state index contributed by atoms with van der Waals surface area (Å²) in [7, 11) is 0. The van der Waals surface area contributed by atoms with Crippen LogP contribution in [0.4, 0.5) is 13.2 Å². The van der Waals surface area contributed by atoms with E-state index in [4.69, 9.17) is 0 Å². The number of amides is 1. The van der Waals surface area contributed by atoms with Gasteiger partial charge in [-0.1, -0.05) is 6.58 Å². The lowest BCUT2D eigenvalue weighted by atomic mass is 9.92. The standard InChI is InChI=1S/C9H12F3NO2/c1-2-7(14)13-5-3-4-8(15,6-13)9(10,11)12/h2,15H,1,3-6H2. The molecule has 86 valence electrons. The Morgan fingerprint density at radius 1 is 1.53 bits per heavy atom. The van der Waals surface area contributed by atoms with Crippen LogP contribution >= 0.6 is 0 Å². The Morgan fingerprint density at radius 2 is 2.13 bits per heavy atom. The Hall–Kier alpha value is -1.04. The first-order valence-electron chi connectivity index (χ1n) is 4.50. The number of carbonyl (C=O) groups excluding carboxylic acids is 1. The summed E-state index contributed by atoms with van der Waals surface area (Å²) in [5, 5.41) is 9.37. The van der Waals surface area contributed by atoms with Crippen LogP contribution in [0, 0.1) is 0 Å². The molecule has 1 unspecified atom stereocenters. The van der Waals surface area contributed by atoms with Crippen molar-refractivity contribution >= 4 is 5.91 Å². The lowest BCUT2D eigenvalue weighted by molar-refractivity contribution is -0.272. The van der Waals surface area contributed by atoms with Crippen LogP contribution in [0.25, 0.3) is 0 Å². The van der Waals surface area contributed by atoms with Gasteiger partial charge in [-0.05, 0) is 18.9 Å². The van der Waals surface area contributed by atoms with Gasteiger partial charge in [0, 0.05) is 6.54 Å². The van der Waals surface area contributed by atoms with Crippen LogP contribution in [0.3, 0.4) is 0 Å². The Kier molecular flexibility index (Phi) is 3.08. The van der Waals surface area contributed by atoms with Gasteiger partial charge in [-0.25, -0.2) is 0 Å². The van der Waals surface area contributed by atoms with E-state index in [2.05, 4.69) is 6.58 Å². The number of nitrogens with zero attached hydrogens (tertiary/aromatic N) is 1. The number of hydrogen-bond acceptors (Lipinski definition) is 2. The SMILES string of the molecule is C=CC(=O)N1CCCC(O)(C(F)(F)F)C1. The first kappa shape index (κ1) is 12.0.